The Kier molecular flexibility index (Phi) is 4.55. The van der Waals surface area contributed by atoms with E-state index in [1.807, 2.05) is 0 Å². The van der Waals surface area contributed by atoms with Crippen molar-refractivity contribution in [1.82, 2.24) is 10.2 Å². The molecule has 1 aromatic carbocycles. The second-order valence-electron chi connectivity index (χ2n) is 7.37. The first-order valence-electron chi connectivity index (χ1n) is 7.83. The first kappa shape index (κ1) is 15.5. The number of nitrogens with one attached hydrogen (secondary N) is 1. The van der Waals surface area contributed by atoms with Crippen molar-refractivity contribution in [2.24, 2.45) is 5.41 Å². The standard InChI is InChI=1S/C18H30N2/c1-13-11-14(2)16(15(3)12-13)17(18(4,5)6)20-9-7-19-8-10-20/h11-12,17,19H,7-10H2,1-6H3/t17-/m1/s1. The number of piperazine rings is 1. The van der Waals surface area contributed by atoms with E-state index in [0.29, 0.717) is 6.04 Å². The lowest BCUT2D eigenvalue weighted by atomic mass is 9.77. The molecule has 2 rings (SSSR count). The van der Waals surface area contributed by atoms with E-state index in [9.17, 15) is 0 Å². The summed E-state index contributed by atoms with van der Waals surface area (Å²) in [5.74, 6) is 0. The van der Waals surface area contributed by atoms with Gasteiger partial charge < -0.3 is 5.32 Å². The van der Waals surface area contributed by atoms with Crippen LogP contribution in [0.2, 0.25) is 0 Å². The molecule has 2 nitrogen and oxygen atoms in total. The number of nitrogens with zero attached hydrogens (tertiary/aromatic N) is 1. The highest BCUT2D eigenvalue weighted by Gasteiger charge is 2.34. The summed E-state index contributed by atoms with van der Waals surface area (Å²) in [6.07, 6.45) is 0. The van der Waals surface area contributed by atoms with Gasteiger partial charge in [0.25, 0.3) is 0 Å². The van der Waals surface area contributed by atoms with Crippen LogP contribution in [-0.2, 0) is 0 Å². The largest absolute Gasteiger partial charge is 0.314 e. The van der Waals surface area contributed by atoms with E-state index >= 15 is 0 Å². The maximum Gasteiger partial charge on any atom is 0.0402 e. The van der Waals surface area contributed by atoms with Crippen LogP contribution in [0.3, 0.4) is 0 Å². The first-order chi connectivity index (χ1) is 9.30. The zero-order valence-electron chi connectivity index (χ0n) is 14.0. The number of benzene rings is 1. The third-order valence-electron chi connectivity index (χ3n) is 4.35. The number of hydrogen-bond donors (Lipinski definition) is 1. The fraction of sp³-hybridized carbons (Fsp3) is 0.667. The van der Waals surface area contributed by atoms with Crippen LogP contribution in [0.1, 0.15) is 49.1 Å². The molecule has 1 aliphatic heterocycles. The normalized spacial score (nSPS) is 19.1. The number of rotatable bonds is 2. The molecular weight excluding hydrogens is 244 g/mol. The fourth-order valence-electron chi connectivity index (χ4n) is 3.73. The van der Waals surface area contributed by atoms with E-state index in [4.69, 9.17) is 0 Å². The van der Waals surface area contributed by atoms with Crippen molar-refractivity contribution in [1.29, 1.82) is 0 Å². The molecule has 112 valence electrons. The molecule has 1 heterocycles. The molecule has 0 amide bonds. The quantitative estimate of drug-likeness (QED) is 0.886. The number of hydrogen-bond acceptors (Lipinski definition) is 2. The molecule has 0 unspecified atom stereocenters. The zero-order chi connectivity index (χ0) is 14.9. The SMILES string of the molecule is Cc1cc(C)c([C@@H](N2CCNCC2)C(C)(C)C)c(C)c1. The van der Waals surface area contributed by atoms with Gasteiger partial charge in [0.1, 0.15) is 0 Å². The molecule has 0 spiro atoms. The Morgan fingerprint density at radius 2 is 1.50 bits per heavy atom. The molecular formula is C18H30N2. The van der Waals surface area contributed by atoms with Gasteiger partial charge >= 0.3 is 0 Å². The van der Waals surface area contributed by atoms with Crippen LogP contribution < -0.4 is 5.32 Å². The Balaban J connectivity index is 2.46. The van der Waals surface area contributed by atoms with Gasteiger partial charge in [-0.1, -0.05) is 38.5 Å². The third kappa shape index (κ3) is 3.24. The molecule has 20 heavy (non-hydrogen) atoms. The Bertz CT molecular complexity index is 442. The van der Waals surface area contributed by atoms with Gasteiger partial charge in [-0.3, -0.25) is 4.90 Å². The highest BCUT2D eigenvalue weighted by atomic mass is 15.2. The van der Waals surface area contributed by atoms with E-state index in [1.165, 1.54) is 16.7 Å². The minimum absolute atomic E-state index is 0.252. The molecule has 1 saturated heterocycles. The van der Waals surface area contributed by atoms with Crippen molar-refractivity contribution < 1.29 is 0 Å². The van der Waals surface area contributed by atoms with E-state index in [1.54, 1.807) is 5.56 Å². The van der Waals surface area contributed by atoms with Crippen molar-refractivity contribution in [2.75, 3.05) is 26.2 Å². The predicted octanol–water partition coefficient (Wildman–Crippen LogP) is 3.60. The van der Waals surface area contributed by atoms with Crippen molar-refractivity contribution >= 4 is 0 Å². The Morgan fingerprint density at radius 1 is 1.00 bits per heavy atom. The monoisotopic (exact) mass is 274 g/mol. The van der Waals surface area contributed by atoms with Crippen LogP contribution in [-0.4, -0.2) is 31.1 Å². The third-order valence-corrected chi connectivity index (χ3v) is 4.35. The molecule has 0 saturated carbocycles. The van der Waals surface area contributed by atoms with Gasteiger partial charge in [-0.05, 0) is 42.9 Å². The Labute approximate surface area is 124 Å². The summed E-state index contributed by atoms with van der Waals surface area (Å²) in [6, 6.07) is 5.18. The summed E-state index contributed by atoms with van der Waals surface area (Å²) in [5, 5.41) is 3.47. The van der Waals surface area contributed by atoms with Gasteiger partial charge in [-0.25, -0.2) is 0 Å². The molecule has 1 aromatic rings. The average Bonchev–Trinajstić information content (AvgIpc) is 2.33. The van der Waals surface area contributed by atoms with Crippen LogP contribution in [0.25, 0.3) is 0 Å². The summed E-state index contributed by atoms with van der Waals surface area (Å²) in [7, 11) is 0. The molecule has 0 bridgehead atoms. The molecule has 0 aromatic heterocycles. The lowest BCUT2D eigenvalue weighted by molar-refractivity contribution is 0.0853. The summed E-state index contributed by atoms with van der Waals surface area (Å²) >= 11 is 0. The Hall–Kier alpha value is -0.860. The second-order valence-corrected chi connectivity index (χ2v) is 7.37. The molecule has 1 atom stereocenters. The van der Waals surface area contributed by atoms with Gasteiger partial charge in [-0.2, -0.15) is 0 Å². The summed E-state index contributed by atoms with van der Waals surface area (Å²) < 4.78 is 0. The Morgan fingerprint density at radius 3 is 1.95 bits per heavy atom. The van der Waals surface area contributed by atoms with Crippen LogP contribution in [0.4, 0.5) is 0 Å². The highest BCUT2D eigenvalue weighted by molar-refractivity contribution is 5.40. The van der Waals surface area contributed by atoms with Gasteiger partial charge in [0.15, 0.2) is 0 Å². The average molecular weight is 274 g/mol. The highest BCUT2D eigenvalue weighted by Crippen LogP contribution is 2.41. The lowest BCUT2D eigenvalue weighted by Crippen LogP contribution is -2.48. The molecule has 0 radical (unpaired) electrons. The van der Waals surface area contributed by atoms with Crippen molar-refractivity contribution in [3.05, 3.63) is 34.4 Å². The van der Waals surface area contributed by atoms with Crippen LogP contribution in [0, 0.1) is 26.2 Å². The molecule has 1 aliphatic rings. The van der Waals surface area contributed by atoms with E-state index in [2.05, 4.69) is 63.9 Å². The fourth-order valence-corrected chi connectivity index (χ4v) is 3.73. The lowest BCUT2D eigenvalue weighted by Gasteiger charge is -2.44. The summed E-state index contributed by atoms with van der Waals surface area (Å²) in [6.45, 7) is 18.4. The van der Waals surface area contributed by atoms with Gasteiger partial charge in [0, 0.05) is 32.2 Å². The summed E-state index contributed by atoms with van der Waals surface area (Å²) in [4.78, 5) is 2.67. The minimum atomic E-state index is 0.252. The topological polar surface area (TPSA) is 15.3 Å². The van der Waals surface area contributed by atoms with Crippen molar-refractivity contribution in [3.63, 3.8) is 0 Å². The predicted molar refractivity (Wildman–Crippen MR) is 87.3 cm³/mol. The van der Waals surface area contributed by atoms with Crippen molar-refractivity contribution in [2.45, 2.75) is 47.6 Å². The van der Waals surface area contributed by atoms with Crippen molar-refractivity contribution in [3.8, 4) is 0 Å². The minimum Gasteiger partial charge on any atom is -0.314 e. The molecule has 1 fully saturated rings. The molecule has 0 aliphatic carbocycles. The summed E-state index contributed by atoms with van der Waals surface area (Å²) in [5.41, 5.74) is 6.06. The first-order valence-corrected chi connectivity index (χ1v) is 7.83. The van der Waals surface area contributed by atoms with Gasteiger partial charge in [0.2, 0.25) is 0 Å². The van der Waals surface area contributed by atoms with Gasteiger partial charge in [0.05, 0.1) is 0 Å². The number of aryl methyl sites for hydroxylation is 3. The van der Waals surface area contributed by atoms with E-state index < -0.39 is 0 Å². The van der Waals surface area contributed by atoms with E-state index in [0.717, 1.165) is 26.2 Å². The maximum absolute atomic E-state index is 3.47. The zero-order valence-corrected chi connectivity index (χ0v) is 14.0. The maximum atomic E-state index is 3.47. The second kappa shape index (κ2) is 5.87. The van der Waals surface area contributed by atoms with E-state index in [-0.39, 0.29) is 5.41 Å². The van der Waals surface area contributed by atoms with Crippen LogP contribution in [0.15, 0.2) is 12.1 Å². The van der Waals surface area contributed by atoms with Gasteiger partial charge in [-0.15, -0.1) is 0 Å². The molecule has 2 heteroatoms. The smallest absolute Gasteiger partial charge is 0.0402 e. The van der Waals surface area contributed by atoms with Crippen LogP contribution in [0.5, 0.6) is 0 Å². The van der Waals surface area contributed by atoms with Crippen LogP contribution >= 0.6 is 0 Å². The molecule has 1 N–H and O–H groups in total.